The van der Waals surface area contributed by atoms with Gasteiger partial charge >= 0.3 is 0 Å². The molecule has 0 amide bonds. The Morgan fingerprint density at radius 2 is 1.48 bits per heavy atom. The molecule has 0 spiro atoms. The first kappa shape index (κ1) is 13.8. The Balaban J connectivity index is 1.87. The van der Waals surface area contributed by atoms with Gasteiger partial charge in [0, 0.05) is 6.42 Å². The molecule has 0 aromatic heterocycles. The summed E-state index contributed by atoms with van der Waals surface area (Å²) in [7, 11) is 0. The Morgan fingerprint density at radius 3 is 2.19 bits per heavy atom. The number of fused-ring (bicyclic) bond motifs is 1. The van der Waals surface area contributed by atoms with E-state index in [1.807, 2.05) is 18.2 Å². The summed E-state index contributed by atoms with van der Waals surface area (Å²) in [6.07, 6.45) is 0.191. The lowest BCUT2D eigenvalue weighted by molar-refractivity contribution is 0.178. The zero-order chi connectivity index (χ0) is 14.8. The van der Waals surface area contributed by atoms with Gasteiger partial charge in [-0.25, -0.2) is 0 Å². The van der Waals surface area contributed by atoms with Crippen LogP contribution in [0.15, 0.2) is 60.7 Å². The SMILES string of the molecule is Cc1cc(C)cc(CC(O)c2ccc3ccccc3c2)c1. The van der Waals surface area contributed by atoms with Crippen molar-refractivity contribution in [2.75, 3.05) is 0 Å². The van der Waals surface area contributed by atoms with Crippen LogP contribution in [-0.4, -0.2) is 5.11 Å². The van der Waals surface area contributed by atoms with E-state index in [9.17, 15) is 5.11 Å². The quantitative estimate of drug-likeness (QED) is 0.733. The van der Waals surface area contributed by atoms with Crippen molar-refractivity contribution in [1.82, 2.24) is 0 Å². The number of aliphatic hydroxyl groups excluding tert-OH is 1. The molecule has 3 rings (SSSR count). The first-order valence-corrected chi connectivity index (χ1v) is 7.36. The number of rotatable bonds is 3. The summed E-state index contributed by atoms with van der Waals surface area (Å²) in [5.41, 5.74) is 4.66. The lowest BCUT2D eigenvalue weighted by atomic mass is 9.97. The number of aryl methyl sites for hydroxylation is 2. The van der Waals surface area contributed by atoms with Crippen LogP contribution < -0.4 is 0 Å². The van der Waals surface area contributed by atoms with Crippen molar-refractivity contribution in [2.24, 2.45) is 0 Å². The maximum Gasteiger partial charge on any atom is 0.0830 e. The third kappa shape index (κ3) is 3.14. The highest BCUT2D eigenvalue weighted by Gasteiger charge is 2.10. The fourth-order valence-electron chi connectivity index (χ4n) is 2.94. The van der Waals surface area contributed by atoms with Gasteiger partial charge < -0.3 is 5.11 Å². The van der Waals surface area contributed by atoms with Crippen molar-refractivity contribution < 1.29 is 5.11 Å². The first-order valence-electron chi connectivity index (χ1n) is 7.36. The standard InChI is InChI=1S/C20H20O/c1-14-9-15(2)11-16(10-14)12-20(21)19-8-7-17-5-3-4-6-18(17)13-19/h3-11,13,20-21H,12H2,1-2H3. The molecule has 0 saturated carbocycles. The van der Waals surface area contributed by atoms with E-state index in [-0.39, 0.29) is 0 Å². The van der Waals surface area contributed by atoms with Gasteiger partial charge in [0.15, 0.2) is 0 Å². The summed E-state index contributed by atoms with van der Waals surface area (Å²) in [5, 5.41) is 12.9. The monoisotopic (exact) mass is 276 g/mol. The summed E-state index contributed by atoms with van der Waals surface area (Å²) in [6, 6.07) is 20.9. The van der Waals surface area contributed by atoms with E-state index in [1.54, 1.807) is 0 Å². The molecule has 0 bridgehead atoms. The molecule has 1 nitrogen and oxygen atoms in total. The van der Waals surface area contributed by atoms with E-state index in [0.717, 1.165) is 5.56 Å². The van der Waals surface area contributed by atoms with Crippen molar-refractivity contribution in [3.63, 3.8) is 0 Å². The summed E-state index contributed by atoms with van der Waals surface area (Å²) < 4.78 is 0. The van der Waals surface area contributed by atoms with Crippen LogP contribution in [0.1, 0.15) is 28.4 Å². The van der Waals surface area contributed by atoms with Crippen molar-refractivity contribution in [3.05, 3.63) is 82.9 Å². The highest BCUT2D eigenvalue weighted by Crippen LogP contribution is 2.23. The van der Waals surface area contributed by atoms with Crippen molar-refractivity contribution in [2.45, 2.75) is 26.4 Å². The van der Waals surface area contributed by atoms with Crippen LogP contribution in [-0.2, 0) is 6.42 Å². The van der Waals surface area contributed by atoms with Gasteiger partial charge in [0.1, 0.15) is 0 Å². The predicted molar refractivity (Wildman–Crippen MR) is 88.5 cm³/mol. The Kier molecular flexibility index (Phi) is 3.76. The molecule has 106 valence electrons. The average molecular weight is 276 g/mol. The van der Waals surface area contributed by atoms with E-state index in [4.69, 9.17) is 0 Å². The molecule has 0 aliphatic carbocycles. The number of hydrogen-bond acceptors (Lipinski definition) is 1. The van der Waals surface area contributed by atoms with Gasteiger partial charge in [-0.1, -0.05) is 65.7 Å². The van der Waals surface area contributed by atoms with E-state index in [2.05, 4.69) is 56.3 Å². The third-order valence-corrected chi connectivity index (χ3v) is 3.87. The fourth-order valence-corrected chi connectivity index (χ4v) is 2.94. The zero-order valence-corrected chi connectivity index (χ0v) is 12.5. The molecule has 1 atom stereocenters. The number of benzene rings is 3. The fraction of sp³-hybridized carbons (Fsp3) is 0.200. The van der Waals surface area contributed by atoms with E-state index < -0.39 is 6.10 Å². The van der Waals surface area contributed by atoms with Crippen LogP contribution in [0.3, 0.4) is 0 Å². The average Bonchev–Trinajstić information content (AvgIpc) is 2.45. The molecule has 21 heavy (non-hydrogen) atoms. The summed E-state index contributed by atoms with van der Waals surface area (Å²) in [6.45, 7) is 4.19. The minimum absolute atomic E-state index is 0.462. The van der Waals surface area contributed by atoms with Gasteiger partial charge in [-0.05, 0) is 41.8 Å². The Labute approximate surface area is 125 Å². The molecule has 3 aromatic rings. The Hall–Kier alpha value is -2.12. The van der Waals surface area contributed by atoms with Gasteiger partial charge in [-0.15, -0.1) is 0 Å². The minimum atomic E-state index is -0.462. The lowest BCUT2D eigenvalue weighted by Crippen LogP contribution is -2.02. The normalized spacial score (nSPS) is 12.5. The van der Waals surface area contributed by atoms with E-state index in [0.29, 0.717) is 6.42 Å². The molecule has 1 heteroatoms. The molecule has 1 unspecified atom stereocenters. The maximum atomic E-state index is 10.5. The van der Waals surface area contributed by atoms with Crippen molar-refractivity contribution in [3.8, 4) is 0 Å². The second-order valence-corrected chi connectivity index (χ2v) is 5.82. The van der Waals surface area contributed by atoms with Gasteiger partial charge in [-0.2, -0.15) is 0 Å². The Morgan fingerprint density at radius 1 is 0.810 bits per heavy atom. The minimum Gasteiger partial charge on any atom is -0.388 e. The second-order valence-electron chi connectivity index (χ2n) is 5.82. The van der Waals surface area contributed by atoms with E-state index >= 15 is 0 Å². The summed E-state index contributed by atoms with van der Waals surface area (Å²) >= 11 is 0. The number of hydrogen-bond donors (Lipinski definition) is 1. The molecule has 3 aromatic carbocycles. The van der Waals surface area contributed by atoms with Crippen LogP contribution >= 0.6 is 0 Å². The van der Waals surface area contributed by atoms with Crippen LogP contribution in [0.2, 0.25) is 0 Å². The van der Waals surface area contributed by atoms with Crippen molar-refractivity contribution >= 4 is 10.8 Å². The van der Waals surface area contributed by atoms with Crippen LogP contribution in [0.5, 0.6) is 0 Å². The topological polar surface area (TPSA) is 20.2 Å². The number of aliphatic hydroxyl groups is 1. The molecule has 0 radical (unpaired) electrons. The van der Waals surface area contributed by atoms with Gasteiger partial charge in [0.05, 0.1) is 6.10 Å². The highest BCUT2D eigenvalue weighted by atomic mass is 16.3. The predicted octanol–water partition coefficient (Wildman–Crippen LogP) is 4.73. The molecule has 0 fully saturated rings. The molecular weight excluding hydrogens is 256 g/mol. The summed E-state index contributed by atoms with van der Waals surface area (Å²) in [5.74, 6) is 0. The van der Waals surface area contributed by atoms with Gasteiger partial charge in [0.25, 0.3) is 0 Å². The molecule has 1 N–H and O–H groups in total. The van der Waals surface area contributed by atoms with Crippen LogP contribution in [0.4, 0.5) is 0 Å². The lowest BCUT2D eigenvalue weighted by Gasteiger charge is -2.13. The third-order valence-electron chi connectivity index (χ3n) is 3.87. The smallest absolute Gasteiger partial charge is 0.0830 e. The first-order chi connectivity index (χ1) is 10.1. The molecule has 0 aliphatic heterocycles. The van der Waals surface area contributed by atoms with Crippen LogP contribution in [0.25, 0.3) is 10.8 Å². The van der Waals surface area contributed by atoms with Gasteiger partial charge in [-0.3, -0.25) is 0 Å². The van der Waals surface area contributed by atoms with E-state index in [1.165, 1.54) is 27.5 Å². The molecular formula is C20H20O. The van der Waals surface area contributed by atoms with Gasteiger partial charge in [0.2, 0.25) is 0 Å². The summed E-state index contributed by atoms with van der Waals surface area (Å²) in [4.78, 5) is 0. The van der Waals surface area contributed by atoms with Crippen molar-refractivity contribution in [1.29, 1.82) is 0 Å². The van der Waals surface area contributed by atoms with Crippen LogP contribution in [0, 0.1) is 13.8 Å². The highest BCUT2D eigenvalue weighted by molar-refractivity contribution is 5.83. The molecule has 0 heterocycles. The maximum absolute atomic E-state index is 10.5. The largest absolute Gasteiger partial charge is 0.388 e. The zero-order valence-electron chi connectivity index (χ0n) is 12.5. The second kappa shape index (κ2) is 5.71. The molecule has 0 saturated heterocycles. The molecule has 0 aliphatic rings. The Bertz CT molecular complexity index is 753.